The van der Waals surface area contributed by atoms with E-state index in [-0.39, 0.29) is 30.1 Å². The minimum atomic E-state index is -0.969. The maximum Gasteiger partial charge on any atom is 0.294 e. The van der Waals surface area contributed by atoms with Gasteiger partial charge in [-0.2, -0.15) is 0 Å². The number of benzene rings is 1. The Morgan fingerprint density at radius 1 is 1.05 bits per heavy atom. The number of aromatic nitrogens is 5. The number of amides is 1. The minimum absolute atomic E-state index is 0.222. The van der Waals surface area contributed by atoms with Gasteiger partial charge in [-0.1, -0.05) is 50.2 Å². The van der Waals surface area contributed by atoms with Gasteiger partial charge in [-0.3, -0.25) is 23.9 Å². The molecule has 3 aromatic heterocycles. The zero-order chi connectivity index (χ0) is 27.4. The summed E-state index contributed by atoms with van der Waals surface area (Å²) in [4.78, 5) is 47.5. The number of nitrogens with two attached hydrogens (primary N) is 1. The van der Waals surface area contributed by atoms with E-state index < -0.39 is 28.7 Å². The number of nitrogen functional groups attached to an aromatic ring is 1. The Morgan fingerprint density at radius 2 is 1.76 bits per heavy atom. The lowest BCUT2D eigenvalue weighted by atomic mass is 9.89. The molecule has 1 atom stereocenters. The highest BCUT2D eigenvalue weighted by molar-refractivity contribution is 5.98. The molecule has 0 aliphatic carbocycles. The fraction of sp³-hybridized carbons (Fsp3) is 0.296. The number of Topliss-reactive ketones (excluding diaryl/α,β-unsaturated/α-hetero) is 1. The highest BCUT2D eigenvalue weighted by Crippen LogP contribution is 2.29. The molecule has 4 aromatic rings. The van der Waals surface area contributed by atoms with Crippen molar-refractivity contribution in [3.05, 3.63) is 88.8 Å². The third-order valence-corrected chi connectivity index (χ3v) is 6.19. The van der Waals surface area contributed by atoms with Gasteiger partial charge in [-0.05, 0) is 37.5 Å². The molecule has 0 radical (unpaired) electrons. The predicted molar refractivity (Wildman–Crippen MR) is 140 cm³/mol. The van der Waals surface area contributed by atoms with Crippen molar-refractivity contribution in [3.63, 3.8) is 0 Å². The number of ketones is 1. The summed E-state index contributed by atoms with van der Waals surface area (Å²) in [5, 5.41) is 10.8. The Balaban J connectivity index is 1.56. The Kier molecular flexibility index (Phi) is 7.47. The van der Waals surface area contributed by atoms with Crippen LogP contribution in [0.3, 0.4) is 0 Å². The molecular weight excluding hydrogens is 486 g/mol. The molecule has 4 rings (SSSR count). The second-order valence-corrected chi connectivity index (χ2v) is 9.69. The molecule has 1 amide bonds. The fourth-order valence-electron chi connectivity index (χ4n) is 3.95. The molecule has 1 aromatic carbocycles. The average molecular weight is 516 g/mol. The van der Waals surface area contributed by atoms with Crippen molar-refractivity contribution in [2.45, 2.75) is 45.7 Å². The van der Waals surface area contributed by atoms with Crippen LogP contribution in [-0.4, -0.2) is 42.5 Å². The Morgan fingerprint density at radius 3 is 2.42 bits per heavy atom. The lowest BCUT2D eigenvalue weighted by Crippen LogP contribution is -2.46. The summed E-state index contributed by atoms with van der Waals surface area (Å²) < 4.78 is 7.00. The maximum atomic E-state index is 13.3. The number of hydrogen-bond donors (Lipinski definition) is 2. The molecule has 0 aliphatic heterocycles. The van der Waals surface area contributed by atoms with E-state index in [0.29, 0.717) is 17.0 Å². The monoisotopic (exact) mass is 515 g/mol. The van der Waals surface area contributed by atoms with Gasteiger partial charge in [0.25, 0.3) is 11.4 Å². The van der Waals surface area contributed by atoms with E-state index in [9.17, 15) is 14.4 Å². The molecule has 11 nitrogen and oxygen atoms in total. The van der Waals surface area contributed by atoms with Gasteiger partial charge in [0.2, 0.25) is 17.6 Å². The first-order valence-corrected chi connectivity index (χ1v) is 12.1. The molecule has 3 heterocycles. The second kappa shape index (κ2) is 10.8. The van der Waals surface area contributed by atoms with Crippen molar-refractivity contribution < 1.29 is 14.0 Å². The van der Waals surface area contributed by atoms with E-state index >= 15 is 0 Å². The third kappa shape index (κ3) is 5.36. The first-order valence-electron chi connectivity index (χ1n) is 12.1. The summed E-state index contributed by atoms with van der Waals surface area (Å²) in [6.07, 6.45) is 3.10. The van der Waals surface area contributed by atoms with E-state index in [1.807, 2.05) is 44.2 Å². The Bertz CT molecular complexity index is 1490. The molecule has 196 valence electrons. The zero-order valence-electron chi connectivity index (χ0n) is 21.6. The maximum absolute atomic E-state index is 13.3. The molecule has 11 heteroatoms. The number of anilines is 1. The van der Waals surface area contributed by atoms with Crippen molar-refractivity contribution in [3.8, 4) is 11.3 Å². The molecule has 0 saturated heterocycles. The lowest BCUT2D eigenvalue weighted by molar-refractivity contribution is -0.122. The summed E-state index contributed by atoms with van der Waals surface area (Å²) in [6, 6.07) is 13.6. The van der Waals surface area contributed by atoms with Crippen molar-refractivity contribution in [1.82, 2.24) is 30.0 Å². The van der Waals surface area contributed by atoms with E-state index in [4.69, 9.17) is 10.2 Å². The largest absolute Gasteiger partial charge is 0.417 e. The van der Waals surface area contributed by atoms with Gasteiger partial charge in [0.05, 0.1) is 29.0 Å². The number of rotatable bonds is 9. The highest BCUT2D eigenvalue weighted by atomic mass is 16.4. The van der Waals surface area contributed by atoms with Gasteiger partial charge >= 0.3 is 0 Å². The number of carbonyl (C=O) groups excluding carboxylic acids is 2. The normalized spacial score (nSPS) is 12.3. The molecule has 3 N–H and O–H groups in total. The topological polar surface area (TPSA) is 159 Å². The van der Waals surface area contributed by atoms with Crippen LogP contribution in [0, 0.1) is 5.92 Å². The fourth-order valence-corrected chi connectivity index (χ4v) is 3.95. The SMILES string of the molecule is CC(C)[C@H](NC(=O)Cn1c(-c2ccccc2)cnc(N)c1=O)C(=O)c1nnc(C(C)(C)c2ccccn2)o1. The van der Waals surface area contributed by atoms with E-state index in [1.165, 1.54) is 10.8 Å². The number of pyridine rings is 1. The van der Waals surface area contributed by atoms with Crippen molar-refractivity contribution >= 4 is 17.5 Å². The Labute approximate surface area is 219 Å². The smallest absolute Gasteiger partial charge is 0.294 e. The predicted octanol–water partition coefficient (Wildman–Crippen LogP) is 2.62. The van der Waals surface area contributed by atoms with Crippen LogP contribution in [0.15, 0.2) is 70.1 Å². The Hall–Kier alpha value is -4.67. The highest BCUT2D eigenvalue weighted by Gasteiger charge is 2.35. The van der Waals surface area contributed by atoms with E-state index in [1.54, 1.807) is 38.2 Å². The molecule has 0 aliphatic rings. The molecule has 0 spiro atoms. The van der Waals surface area contributed by atoms with Gasteiger partial charge in [-0.15, -0.1) is 10.2 Å². The van der Waals surface area contributed by atoms with Gasteiger partial charge in [-0.25, -0.2) is 4.98 Å². The van der Waals surface area contributed by atoms with Gasteiger partial charge < -0.3 is 15.5 Å². The number of carbonyl (C=O) groups is 2. The van der Waals surface area contributed by atoms with Gasteiger partial charge in [0.1, 0.15) is 6.54 Å². The van der Waals surface area contributed by atoms with Crippen LogP contribution in [0.1, 0.15) is 50.0 Å². The van der Waals surface area contributed by atoms with Crippen LogP contribution in [0.2, 0.25) is 0 Å². The quantitative estimate of drug-likeness (QED) is 0.319. The van der Waals surface area contributed by atoms with Gasteiger partial charge in [0.15, 0.2) is 5.82 Å². The van der Waals surface area contributed by atoms with Crippen LogP contribution >= 0.6 is 0 Å². The number of nitrogens with one attached hydrogen (secondary N) is 1. The molecule has 0 saturated carbocycles. The van der Waals surface area contributed by atoms with Crippen molar-refractivity contribution in [1.29, 1.82) is 0 Å². The van der Waals surface area contributed by atoms with Crippen LogP contribution in [0.25, 0.3) is 11.3 Å². The summed E-state index contributed by atoms with van der Waals surface area (Å²) >= 11 is 0. The van der Waals surface area contributed by atoms with Crippen LogP contribution < -0.4 is 16.6 Å². The molecular formula is C27H29N7O4. The molecule has 0 unspecified atom stereocenters. The van der Waals surface area contributed by atoms with Crippen LogP contribution in [0.5, 0.6) is 0 Å². The summed E-state index contributed by atoms with van der Waals surface area (Å²) in [5.74, 6) is -1.64. The van der Waals surface area contributed by atoms with E-state index in [2.05, 4.69) is 25.5 Å². The standard InChI is InChI=1S/C27H29N7O4/c1-16(2)21(22(36)24-32-33-26(38-24)27(3,4)19-12-8-9-13-29-19)31-20(35)15-34-18(14-30-23(28)25(34)37)17-10-6-5-7-11-17/h5-14,16,21H,15H2,1-4H3,(H2,28,30)(H,31,35)/t21-/m0/s1. The first kappa shape index (κ1) is 26.4. The first-order chi connectivity index (χ1) is 18.1. The minimum Gasteiger partial charge on any atom is -0.417 e. The summed E-state index contributed by atoms with van der Waals surface area (Å²) in [6.45, 7) is 6.92. The summed E-state index contributed by atoms with van der Waals surface area (Å²) in [7, 11) is 0. The zero-order valence-corrected chi connectivity index (χ0v) is 21.6. The molecule has 38 heavy (non-hydrogen) atoms. The van der Waals surface area contributed by atoms with Crippen LogP contribution in [0.4, 0.5) is 5.82 Å². The molecule has 0 bridgehead atoms. The number of hydrogen-bond acceptors (Lipinski definition) is 9. The lowest BCUT2D eigenvalue weighted by Gasteiger charge is -2.21. The number of nitrogens with zero attached hydrogens (tertiary/aromatic N) is 5. The summed E-state index contributed by atoms with van der Waals surface area (Å²) in [5.41, 5.74) is 6.21. The second-order valence-electron chi connectivity index (χ2n) is 9.69. The van der Waals surface area contributed by atoms with Crippen LogP contribution in [-0.2, 0) is 16.8 Å². The van der Waals surface area contributed by atoms with Gasteiger partial charge in [0, 0.05) is 6.20 Å². The van der Waals surface area contributed by atoms with Crippen molar-refractivity contribution in [2.75, 3.05) is 5.73 Å². The third-order valence-electron chi connectivity index (χ3n) is 6.19. The molecule has 0 fully saturated rings. The van der Waals surface area contributed by atoms with E-state index in [0.717, 1.165) is 0 Å². The van der Waals surface area contributed by atoms with Crippen molar-refractivity contribution in [2.24, 2.45) is 5.92 Å². The average Bonchev–Trinajstić information content (AvgIpc) is 3.42.